The first-order valence-electron chi connectivity index (χ1n) is 10.1. The van der Waals surface area contributed by atoms with Crippen LogP contribution in [0.2, 0.25) is 0 Å². The van der Waals surface area contributed by atoms with E-state index in [9.17, 15) is 4.79 Å². The third-order valence-corrected chi connectivity index (χ3v) is 5.42. The summed E-state index contributed by atoms with van der Waals surface area (Å²) in [4.78, 5) is 18.9. The topological polar surface area (TPSA) is 47.4 Å². The van der Waals surface area contributed by atoms with Crippen LogP contribution in [0.1, 0.15) is 43.6 Å². The van der Waals surface area contributed by atoms with Crippen molar-refractivity contribution >= 4 is 16.9 Å². The molecule has 0 aliphatic carbocycles. The van der Waals surface area contributed by atoms with Crippen LogP contribution in [0.3, 0.4) is 0 Å². The van der Waals surface area contributed by atoms with Gasteiger partial charge in [-0.2, -0.15) is 0 Å². The summed E-state index contributed by atoms with van der Waals surface area (Å²) in [6.45, 7) is 6.01. The first kappa shape index (κ1) is 18.5. The van der Waals surface area contributed by atoms with Gasteiger partial charge in [-0.05, 0) is 56.0 Å². The Balaban J connectivity index is 1.53. The molecule has 1 fully saturated rings. The third-order valence-electron chi connectivity index (χ3n) is 5.42. The summed E-state index contributed by atoms with van der Waals surface area (Å²) in [5, 5.41) is 0. The van der Waals surface area contributed by atoms with Crippen molar-refractivity contribution < 1.29 is 9.53 Å². The molecule has 1 atom stereocenters. The molecule has 1 saturated heterocycles. The third kappa shape index (κ3) is 3.75. The molecule has 146 valence electrons. The van der Waals surface area contributed by atoms with Crippen LogP contribution in [0.15, 0.2) is 48.5 Å². The molecule has 0 unspecified atom stereocenters. The highest BCUT2D eigenvalue weighted by molar-refractivity contribution is 5.77. The number of benzene rings is 2. The number of hydrogen-bond donors (Lipinski definition) is 0. The zero-order valence-corrected chi connectivity index (χ0v) is 16.6. The molecule has 3 aromatic rings. The van der Waals surface area contributed by atoms with Gasteiger partial charge >= 0.3 is 0 Å². The number of carbonyl (C=O) groups is 1. The Hall–Kier alpha value is -2.82. The average molecular weight is 377 g/mol. The molecular weight excluding hydrogens is 350 g/mol. The Labute approximate surface area is 165 Å². The van der Waals surface area contributed by atoms with Crippen molar-refractivity contribution in [1.29, 1.82) is 0 Å². The second kappa shape index (κ2) is 8.05. The van der Waals surface area contributed by atoms with E-state index in [-0.39, 0.29) is 11.9 Å². The first-order valence-corrected chi connectivity index (χ1v) is 10.1. The average Bonchev–Trinajstić information content (AvgIpc) is 3.30. The van der Waals surface area contributed by atoms with Gasteiger partial charge in [0, 0.05) is 20.0 Å². The molecule has 5 heteroatoms. The summed E-state index contributed by atoms with van der Waals surface area (Å²) in [7, 11) is 0. The van der Waals surface area contributed by atoms with Crippen LogP contribution in [0.5, 0.6) is 5.75 Å². The van der Waals surface area contributed by atoms with E-state index in [1.807, 2.05) is 35.2 Å². The summed E-state index contributed by atoms with van der Waals surface area (Å²) >= 11 is 0. The number of aryl methyl sites for hydroxylation is 2. The largest absolute Gasteiger partial charge is 0.494 e. The minimum absolute atomic E-state index is 0.0718. The number of imidazole rings is 1. The number of amides is 1. The summed E-state index contributed by atoms with van der Waals surface area (Å²) < 4.78 is 8.20. The van der Waals surface area contributed by atoms with Gasteiger partial charge in [0.2, 0.25) is 5.91 Å². The Morgan fingerprint density at radius 3 is 2.89 bits per heavy atom. The van der Waals surface area contributed by atoms with Crippen molar-refractivity contribution in [3.8, 4) is 5.75 Å². The highest BCUT2D eigenvalue weighted by Crippen LogP contribution is 2.33. The summed E-state index contributed by atoms with van der Waals surface area (Å²) in [6.07, 6.45) is 2.89. The number of aromatic nitrogens is 2. The summed E-state index contributed by atoms with van der Waals surface area (Å²) in [5.41, 5.74) is 3.32. The number of likely N-dealkylation sites (tertiary alicyclic amines) is 1. The van der Waals surface area contributed by atoms with Crippen LogP contribution in [-0.4, -0.2) is 33.5 Å². The lowest BCUT2D eigenvalue weighted by Crippen LogP contribution is -2.30. The van der Waals surface area contributed by atoms with Gasteiger partial charge in [0.15, 0.2) is 0 Å². The maximum absolute atomic E-state index is 12.1. The Bertz CT molecular complexity index is 979. The first-order chi connectivity index (χ1) is 13.6. The molecule has 1 aromatic heterocycles. The van der Waals surface area contributed by atoms with Gasteiger partial charge in [-0.3, -0.25) is 4.79 Å². The van der Waals surface area contributed by atoms with Crippen molar-refractivity contribution in [2.75, 3.05) is 13.2 Å². The van der Waals surface area contributed by atoms with Crippen molar-refractivity contribution in [2.24, 2.45) is 0 Å². The number of carbonyl (C=O) groups excluding carboxylic acids is 1. The van der Waals surface area contributed by atoms with Crippen molar-refractivity contribution in [3.05, 3.63) is 59.9 Å². The molecule has 0 N–H and O–H groups in total. The van der Waals surface area contributed by atoms with Crippen molar-refractivity contribution in [3.63, 3.8) is 0 Å². The quantitative estimate of drug-likeness (QED) is 0.594. The molecule has 4 rings (SSSR count). The fourth-order valence-corrected chi connectivity index (χ4v) is 4.11. The van der Waals surface area contributed by atoms with E-state index in [1.54, 1.807) is 6.92 Å². The van der Waals surface area contributed by atoms with Gasteiger partial charge in [0.05, 0.1) is 23.7 Å². The van der Waals surface area contributed by atoms with Crippen LogP contribution >= 0.6 is 0 Å². The minimum atomic E-state index is 0.0718. The maximum atomic E-state index is 12.1. The highest BCUT2D eigenvalue weighted by Gasteiger charge is 2.31. The van der Waals surface area contributed by atoms with Gasteiger partial charge < -0.3 is 14.2 Å². The number of para-hydroxylation sites is 2. The van der Waals surface area contributed by atoms with Crippen molar-refractivity contribution in [1.82, 2.24) is 14.5 Å². The van der Waals surface area contributed by atoms with Crippen LogP contribution in [0.25, 0.3) is 11.0 Å². The fraction of sp³-hybridized carbons (Fsp3) is 0.391. The normalized spacial score (nSPS) is 16.6. The van der Waals surface area contributed by atoms with E-state index in [0.717, 1.165) is 55.0 Å². The van der Waals surface area contributed by atoms with Crippen LogP contribution in [0.4, 0.5) is 0 Å². The molecule has 0 bridgehead atoms. The molecule has 1 aliphatic heterocycles. The second-order valence-electron chi connectivity index (χ2n) is 7.50. The highest BCUT2D eigenvalue weighted by atomic mass is 16.5. The Morgan fingerprint density at radius 1 is 1.21 bits per heavy atom. The summed E-state index contributed by atoms with van der Waals surface area (Å²) in [5.74, 6) is 2.04. The molecule has 5 nitrogen and oxygen atoms in total. The zero-order valence-electron chi connectivity index (χ0n) is 16.6. The number of nitrogens with zero attached hydrogens (tertiary/aromatic N) is 3. The molecular formula is C23H27N3O2. The van der Waals surface area contributed by atoms with Gasteiger partial charge in [0.25, 0.3) is 0 Å². The molecule has 0 spiro atoms. The van der Waals surface area contributed by atoms with E-state index in [1.165, 1.54) is 5.56 Å². The van der Waals surface area contributed by atoms with Gasteiger partial charge in [-0.25, -0.2) is 4.98 Å². The van der Waals surface area contributed by atoms with Crippen LogP contribution in [-0.2, 0) is 11.3 Å². The lowest BCUT2D eigenvalue weighted by atomic mass is 10.2. The molecule has 0 radical (unpaired) electrons. The molecule has 2 heterocycles. The monoisotopic (exact) mass is 377 g/mol. The Morgan fingerprint density at radius 2 is 2.07 bits per heavy atom. The smallest absolute Gasteiger partial charge is 0.220 e. The number of hydrogen-bond acceptors (Lipinski definition) is 3. The van der Waals surface area contributed by atoms with Gasteiger partial charge in [-0.1, -0.05) is 24.3 Å². The maximum Gasteiger partial charge on any atom is 0.220 e. The standard InChI is InChI=1S/C23H27N3O2/c1-17-8-5-9-19(16-17)28-15-7-14-26-21-11-4-3-10-20(21)24-23(26)22-12-6-13-25(22)18(2)27/h3-5,8-11,16,22H,6-7,12-15H2,1-2H3/t22-/m0/s1. The fourth-order valence-electron chi connectivity index (χ4n) is 4.11. The molecule has 1 aliphatic rings. The SMILES string of the molecule is CC(=O)N1CCC[C@H]1c1nc2ccccc2n1CCCOc1cccc(C)c1. The van der Waals surface area contributed by atoms with E-state index < -0.39 is 0 Å². The number of rotatable bonds is 6. The van der Waals surface area contributed by atoms with E-state index in [4.69, 9.17) is 9.72 Å². The van der Waals surface area contributed by atoms with Crippen LogP contribution < -0.4 is 4.74 Å². The predicted octanol–water partition coefficient (Wildman–Crippen LogP) is 4.50. The zero-order chi connectivity index (χ0) is 19.5. The lowest BCUT2D eigenvalue weighted by Gasteiger charge is -2.24. The van der Waals surface area contributed by atoms with Crippen LogP contribution in [0, 0.1) is 6.92 Å². The summed E-state index contributed by atoms with van der Waals surface area (Å²) in [6, 6.07) is 16.4. The van der Waals surface area contributed by atoms with Crippen molar-refractivity contribution in [2.45, 2.75) is 45.7 Å². The van der Waals surface area contributed by atoms with Gasteiger partial charge in [-0.15, -0.1) is 0 Å². The number of ether oxygens (including phenoxy) is 1. The molecule has 0 saturated carbocycles. The van der Waals surface area contributed by atoms with E-state index >= 15 is 0 Å². The number of fused-ring (bicyclic) bond motifs is 1. The molecule has 1 amide bonds. The van der Waals surface area contributed by atoms with E-state index in [2.05, 4.69) is 29.7 Å². The minimum Gasteiger partial charge on any atom is -0.494 e. The second-order valence-corrected chi connectivity index (χ2v) is 7.50. The van der Waals surface area contributed by atoms with E-state index in [0.29, 0.717) is 6.61 Å². The van der Waals surface area contributed by atoms with Gasteiger partial charge in [0.1, 0.15) is 11.6 Å². The molecule has 2 aromatic carbocycles. The molecule has 28 heavy (non-hydrogen) atoms. The Kier molecular flexibility index (Phi) is 5.33. The predicted molar refractivity (Wildman–Crippen MR) is 110 cm³/mol. The lowest BCUT2D eigenvalue weighted by molar-refractivity contribution is -0.129.